The molecule has 5 nitrogen and oxygen atoms in total. The quantitative estimate of drug-likeness (QED) is 0.790. The molecule has 0 aliphatic heterocycles. The molecule has 3 rings (SSSR count). The lowest BCUT2D eigenvalue weighted by Gasteiger charge is -2.12. The number of hydrogen-bond acceptors (Lipinski definition) is 3. The fraction of sp³-hybridized carbons (Fsp3) is 0.333. The number of aromatic nitrogens is 4. The molecule has 2 heterocycles. The van der Waals surface area contributed by atoms with E-state index in [1.165, 1.54) is 0 Å². The molecule has 2 aromatic heterocycles. The molecule has 1 unspecified atom stereocenters. The molecule has 3 aromatic rings. The van der Waals surface area contributed by atoms with E-state index >= 15 is 0 Å². The maximum atomic E-state index is 6.43. The highest BCUT2D eigenvalue weighted by Crippen LogP contribution is 2.26. The highest BCUT2D eigenvalue weighted by Gasteiger charge is 2.19. The molecular weight excluding hydrogens is 250 g/mol. The zero-order valence-corrected chi connectivity index (χ0v) is 11.8. The average Bonchev–Trinajstić information content (AvgIpc) is 3.04. The van der Waals surface area contributed by atoms with Gasteiger partial charge in [-0.1, -0.05) is 25.1 Å². The second-order valence-corrected chi connectivity index (χ2v) is 4.98. The first-order chi connectivity index (χ1) is 9.72. The molecule has 0 saturated carbocycles. The summed E-state index contributed by atoms with van der Waals surface area (Å²) in [6.07, 6.45) is 2.83. The van der Waals surface area contributed by atoms with Crippen LogP contribution in [0.5, 0.6) is 0 Å². The molecular formula is C15H19N5. The van der Waals surface area contributed by atoms with Crippen molar-refractivity contribution in [1.29, 1.82) is 0 Å². The number of benzene rings is 1. The first kappa shape index (κ1) is 12.9. The monoisotopic (exact) mass is 269 g/mol. The lowest BCUT2D eigenvalue weighted by Crippen LogP contribution is -2.18. The van der Waals surface area contributed by atoms with Gasteiger partial charge in [-0.25, -0.2) is 0 Å². The van der Waals surface area contributed by atoms with Crippen LogP contribution in [0.25, 0.3) is 10.9 Å². The highest BCUT2D eigenvalue weighted by molar-refractivity contribution is 5.82. The van der Waals surface area contributed by atoms with Gasteiger partial charge in [-0.15, -0.1) is 0 Å². The van der Waals surface area contributed by atoms with Gasteiger partial charge in [0.1, 0.15) is 0 Å². The molecule has 0 bridgehead atoms. The molecule has 2 N–H and O–H groups in total. The van der Waals surface area contributed by atoms with Gasteiger partial charge in [0.25, 0.3) is 0 Å². The number of hydrogen-bond donors (Lipinski definition) is 1. The minimum Gasteiger partial charge on any atom is -0.318 e. The Hall–Kier alpha value is -2.14. The van der Waals surface area contributed by atoms with E-state index in [9.17, 15) is 0 Å². The van der Waals surface area contributed by atoms with Crippen molar-refractivity contribution in [3.05, 3.63) is 47.9 Å². The number of fused-ring (bicyclic) bond motifs is 1. The predicted octanol–water partition coefficient (Wildman–Crippen LogP) is 2.23. The summed E-state index contributed by atoms with van der Waals surface area (Å²) < 4.78 is 3.85. The third-order valence-electron chi connectivity index (χ3n) is 3.58. The number of nitrogens with two attached hydrogens (primary N) is 1. The van der Waals surface area contributed by atoms with Crippen LogP contribution in [0.15, 0.2) is 36.5 Å². The molecule has 0 radical (unpaired) electrons. The molecule has 1 atom stereocenters. The largest absolute Gasteiger partial charge is 0.318 e. The second kappa shape index (κ2) is 5.09. The standard InChI is InChI=1S/C15H19N5/c1-3-10-20-13(8-9-17-20)14(16)15-11-6-4-5-7-12(11)19(2)18-15/h4-9,14H,3,10,16H2,1-2H3. The summed E-state index contributed by atoms with van der Waals surface area (Å²) in [6.45, 7) is 3.01. The van der Waals surface area contributed by atoms with E-state index in [0.29, 0.717) is 0 Å². The fourth-order valence-electron chi connectivity index (χ4n) is 2.62. The molecule has 0 fully saturated rings. The van der Waals surface area contributed by atoms with E-state index in [4.69, 9.17) is 5.73 Å². The maximum Gasteiger partial charge on any atom is 0.0931 e. The van der Waals surface area contributed by atoms with Crippen LogP contribution in [0, 0.1) is 0 Å². The zero-order valence-electron chi connectivity index (χ0n) is 11.8. The van der Waals surface area contributed by atoms with E-state index in [-0.39, 0.29) is 6.04 Å². The summed E-state index contributed by atoms with van der Waals surface area (Å²) in [7, 11) is 1.95. The van der Waals surface area contributed by atoms with Crippen molar-refractivity contribution in [3.63, 3.8) is 0 Å². The third-order valence-corrected chi connectivity index (χ3v) is 3.58. The van der Waals surface area contributed by atoms with Crippen molar-refractivity contribution < 1.29 is 0 Å². The van der Waals surface area contributed by atoms with Gasteiger partial charge in [-0.3, -0.25) is 9.36 Å². The van der Waals surface area contributed by atoms with Crippen molar-refractivity contribution >= 4 is 10.9 Å². The summed E-state index contributed by atoms with van der Waals surface area (Å²) >= 11 is 0. The Morgan fingerprint density at radius 1 is 1.25 bits per heavy atom. The topological polar surface area (TPSA) is 61.7 Å². The van der Waals surface area contributed by atoms with Gasteiger partial charge in [0.05, 0.1) is 22.9 Å². The number of rotatable bonds is 4. The Bertz CT molecular complexity index is 725. The molecule has 0 spiro atoms. The minimum absolute atomic E-state index is 0.254. The van der Waals surface area contributed by atoms with Crippen molar-refractivity contribution in [2.75, 3.05) is 0 Å². The predicted molar refractivity (Wildman–Crippen MR) is 79.3 cm³/mol. The highest BCUT2D eigenvalue weighted by atomic mass is 15.3. The summed E-state index contributed by atoms with van der Waals surface area (Å²) in [5.74, 6) is 0. The summed E-state index contributed by atoms with van der Waals surface area (Å²) in [5, 5.41) is 10.0. The van der Waals surface area contributed by atoms with Crippen molar-refractivity contribution in [3.8, 4) is 0 Å². The number of nitrogens with zero attached hydrogens (tertiary/aromatic N) is 4. The van der Waals surface area contributed by atoms with E-state index in [2.05, 4.69) is 29.3 Å². The average molecular weight is 269 g/mol. The van der Waals surface area contributed by atoms with E-state index in [1.807, 2.05) is 34.6 Å². The fourth-order valence-corrected chi connectivity index (χ4v) is 2.62. The van der Waals surface area contributed by atoms with Gasteiger partial charge in [0.2, 0.25) is 0 Å². The Kier molecular flexibility index (Phi) is 3.28. The smallest absolute Gasteiger partial charge is 0.0931 e. The molecule has 0 aliphatic rings. The van der Waals surface area contributed by atoms with E-state index in [1.54, 1.807) is 6.20 Å². The first-order valence-electron chi connectivity index (χ1n) is 6.91. The Morgan fingerprint density at radius 3 is 2.85 bits per heavy atom. The molecule has 5 heteroatoms. The van der Waals surface area contributed by atoms with Gasteiger partial charge in [-0.05, 0) is 18.6 Å². The minimum atomic E-state index is -0.254. The first-order valence-corrected chi connectivity index (χ1v) is 6.91. The Balaban J connectivity index is 2.08. The van der Waals surface area contributed by atoms with Crippen LogP contribution in [-0.4, -0.2) is 19.6 Å². The van der Waals surface area contributed by atoms with Crippen LogP contribution in [0.2, 0.25) is 0 Å². The van der Waals surface area contributed by atoms with Crippen LogP contribution in [-0.2, 0) is 13.6 Å². The molecule has 1 aromatic carbocycles. The molecule has 104 valence electrons. The van der Waals surface area contributed by atoms with Crippen molar-refractivity contribution in [1.82, 2.24) is 19.6 Å². The van der Waals surface area contributed by atoms with Gasteiger partial charge in [-0.2, -0.15) is 10.2 Å². The Morgan fingerprint density at radius 2 is 2.05 bits per heavy atom. The van der Waals surface area contributed by atoms with Gasteiger partial charge in [0, 0.05) is 25.2 Å². The Labute approximate surface area is 118 Å². The van der Waals surface area contributed by atoms with Crippen LogP contribution in [0.3, 0.4) is 0 Å². The van der Waals surface area contributed by atoms with E-state index < -0.39 is 0 Å². The van der Waals surface area contributed by atoms with Gasteiger partial charge < -0.3 is 5.73 Å². The third kappa shape index (κ3) is 2.00. The summed E-state index contributed by atoms with van der Waals surface area (Å²) in [5.41, 5.74) is 9.44. The summed E-state index contributed by atoms with van der Waals surface area (Å²) in [4.78, 5) is 0. The van der Waals surface area contributed by atoms with E-state index in [0.717, 1.165) is 35.3 Å². The second-order valence-electron chi connectivity index (χ2n) is 4.98. The molecule has 0 saturated heterocycles. The van der Waals surface area contributed by atoms with Crippen LogP contribution in [0.4, 0.5) is 0 Å². The van der Waals surface area contributed by atoms with Gasteiger partial charge >= 0.3 is 0 Å². The van der Waals surface area contributed by atoms with Crippen molar-refractivity contribution in [2.45, 2.75) is 25.9 Å². The van der Waals surface area contributed by atoms with Crippen LogP contribution < -0.4 is 5.73 Å². The van der Waals surface area contributed by atoms with Crippen LogP contribution in [0.1, 0.15) is 30.8 Å². The van der Waals surface area contributed by atoms with Crippen LogP contribution >= 0.6 is 0 Å². The lowest BCUT2D eigenvalue weighted by atomic mass is 10.1. The maximum absolute atomic E-state index is 6.43. The number of para-hydroxylation sites is 1. The molecule has 0 amide bonds. The zero-order chi connectivity index (χ0) is 14.1. The van der Waals surface area contributed by atoms with Crippen molar-refractivity contribution in [2.24, 2.45) is 12.8 Å². The number of aryl methyl sites for hydroxylation is 2. The lowest BCUT2D eigenvalue weighted by molar-refractivity contribution is 0.555. The normalized spacial score (nSPS) is 12.9. The summed E-state index contributed by atoms with van der Waals surface area (Å²) in [6, 6.07) is 9.88. The molecule has 0 aliphatic carbocycles. The van der Waals surface area contributed by atoms with Gasteiger partial charge in [0.15, 0.2) is 0 Å². The molecule has 20 heavy (non-hydrogen) atoms. The SMILES string of the molecule is CCCn1nccc1C(N)c1nn(C)c2ccccc12.